The van der Waals surface area contributed by atoms with Gasteiger partial charge in [0.2, 0.25) is 0 Å². The lowest BCUT2D eigenvalue weighted by molar-refractivity contribution is 0.566. The molecule has 1 N–H and O–H groups in total. The molecule has 1 aliphatic heterocycles. The Bertz CT molecular complexity index is 269. The molecule has 106 valence electrons. The van der Waals surface area contributed by atoms with E-state index in [2.05, 4.69) is 17.5 Å². The number of hydrogen-bond donors (Lipinski definition) is 1. The Hall–Kier alpha value is -1.24. The van der Waals surface area contributed by atoms with Gasteiger partial charge in [-0.3, -0.25) is 0 Å². The van der Waals surface area contributed by atoms with Gasteiger partial charge in [0.15, 0.2) is 0 Å². The van der Waals surface area contributed by atoms with Crippen molar-refractivity contribution < 1.29 is 0 Å². The van der Waals surface area contributed by atoms with Crippen LogP contribution in [0.25, 0.3) is 0 Å². The Labute approximate surface area is 119 Å². The van der Waals surface area contributed by atoms with Crippen LogP contribution in [0.2, 0.25) is 0 Å². The summed E-state index contributed by atoms with van der Waals surface area (Å²) in [5, 5.41) is 2.92. The first-order valence-corrected chi connectivity index (χ1v) is 7.89. The van der Waals surface area contributed by atoms with Crippen LogP contribution in [0, 0.1) is 0 Å². The Morgan fingerprint density at radius 1 is 0.474 bits per heavy atom. The van der Waals surface area contributed by atoms with Crippen LogP contribution in [0.1, 0.15) is 64.2 Å². The van der Waals surface area contributed by atoms with Crippen LogP contribution in [0.4, 0.5) is 0 Å². The van der Waals surface area contributed by atoms with Crippen molar-refractivity contribution in [3.63, 3.8) is 0 Å². The van der Waals surface area contributed by atoms with Gasteiger partial charge in [0.1, 0.15) is 0 Å². The van der Waals surface area contributed by atoms with Crippen LogP contribution in [0.3, 0.4) is 0 Å². The minimum absolute atomic E-state index is 1.32. The standard InChI is InChI=1S/C12H22.C6H7N/c1-2-4-6-8-10-12-11-9-7-5-3-1;1-2-4-6-7-5-3-1/h1-2H,3-12H2;1-7H. The Kier molecular flexibility index (Phi) is 11.0. The maximum atomic E-state index is 2.92. The van der Waals surface area contributed by atoms with E-state index in [1.54, 1.807) is 0 Å². The Morgan fingerprint density at radius 3 is 1.37 bits per heavy atom. The van der Waals surface area contributed by atoms with Crippen molar-refractivity contribution in [2.75, 3.05) is 0 Å². The quantitative estimate of drug-likeness (QED) is 0.556. The molecule has 0 fully saturated rings. The minimum Gasteiger partial charge on any atom is -0.368 e. The molecule has 0 saturated carbocycles. The fourth-order valence-corrected chi connectivity index (χ4v) is 2.23. The average Bonchev–Trinajstić information content (AvgIpc) is 2.72. The molecule has 0 atom stereocenters. The van der Waals surface area contributed by atoms with Gasteiger partial charge < -0.3 is 5.32 Å². The zero-order chi connectivity index (χ0) is 13.4. The summed E-state index contributed by atoms with van der Waals surface area (Å²) in [5.41, 5.74) is 0. The summed E-state index contributed by atoms with van der Waals surface area (Å²) in [6, 6.07) is 0. The molecular weight excluding hydrogens is 230 g/mol. The summed E-state index contributed by atoms with van der Waals surface area (Å²) in [6.07, 6.45) is 30.6. The lowest BCUT2D eigenvalue weighted by Gasteiger charge is -2.02. The van der Waals surface area contributed by atoms with Crippen LogP contribution in [0.5, 0.6) is 0 Å². The summed E-state index contributed by atoms with van der Waals surface area (Å²) in [5.74, 6) is 0. The van der Waals surface area contributed by atoms with Crippen LogP contribution >= 0.6 is 0 Å². The average molecular weight is 259 g/mol. The SMILES string of the molecule is C1=CC=CNC=C1.C1=CCCCCCCCCCC1. The molecule has 2 aliphatic rings. The third-order valence-electron chi connectivity index (χ3n) is 3.38. The van der Waals surface area contributed by atoms with Gasteiger partial charge in [-0.1, -0.05) is 62.8 Å². The lowest BCUT2D eigenvalue weighted by Crippen LogP contribution is -1.87. The zero-order valence-corrected chi connectivity index (χ0v) is 12.2. The summed E-state index contributed by atoms with van der Waals surface area (Å²) in [6.45, 7) is 0. The van der Waals surface area contributed by atoms with Crippen molar-refractivity contribution in [2.24, 2.45) is 0 Å². The number of nitrogens with one attached hydrogen (secondary N) is 1. The summed E-state index contributed by atoms with van der Waals surface area (Å²) < 4.78 is 0. The van der Waals surface area contributed by atoms with Crippen molar-refractivity contribution in [3.05, 3.63) is 48.9 Å². The van der Waals surface area contributed by atoms with Crippen molar-refractivity contribution >= 4 is 0 Å². The van der Waals surface area contributed by atoms with E-state index in [4.69, 9.17) is 0 Å². The largest absolute Gasteiger partial charge is 0.368 e. The monoisotopic (exact) mass is 259 g/mol. The molecule has 0 aromatic heterocycles. The fraction of sp³-hybridized carbons (Fsp3) is 0.556. The highest BCUT2D eigenvalue weighted by atomic mass is 14.8. The van der Waals surface area contributed by atoms with Gasteiger partial charge in [0, 0.05) is 12.4 Å². The highest BCUT2D eigenvalue weighted by Crippen LogP contribution is 2.12. The van der Waals surface area contributed by atoms with E-state index < -0.39 is 0 Å². The van der Waals surface area contributed by atoms with E-state index in [9.17, 15) is 0 Å². The molecule has 0 spiro atoms. The number of rotatable bonds is 0. The van der Waals surface area contributed by atoms with Crippen LogP contribution in [0.15, 0.2) is 48.9 Å². The Morgan fingerprint density at radius 2 is 0.895 bits per heavy atom. The molecular formula is C18H29N. The highest BCUT2D eigenvalue weighted by molar-refractivity contribution is 5.14. The number of allylic oxidation sites excluding steroid dienone is 6. The van der Waals surface area contributed by atoms with Crippen molar-refractivity contribution in [2.45, 2.75) is 64.2 Å². The predicted octanol–water partition coefficient (Wildman–Crippen LogP) is 5.63. The van der Waals surface area contributed by atoms with E-state index in [0.29, 0.717) is 0 Å². The van der Waals surface area contributed by atoms with E-state index in [1.165, 1.54) is 64.2 Å². The smallest absolute Gasteiger partial charge is 0.000442 e. The molecule has 1 nitrogen and oxygen atoms in total. The molecule has 0 amide bonds. The third-order valence-corrected chi connectivity index (χ3v) is 3.38. The van der Waals surface area contributed by atoms with Crippen LogP contribution in [-0.2, 0) is 0 Å². The number of hydrogen-bond acceptors (Lipinski definition) is 1. The third kappa shape index (κ3) is 11.6. The predicted molar refractivity (Wildman–Crippen MR) is 85.9 cm³/mol. The van der Waals surface area contributed by atoms with E-state index in [-0.39, 0.29) is 0 Å². The second-order valence-electron chi connectivity index (χ2n) is 5.15. The van der Waals surface area contributed by atoms with Crippen molar-refractivity contribution in [1.82, 2.24) is 5.32 Å². The second kappa shape index (κ2) is 13.2. The normalized spacial score (nSPS) is 20.2. The van der Waals surface area contributed by atoms with E-state index in [0.717, 1.165) is 0 Å². The molecule has 0 bridgehead atoms. The second-order valence-corrected chi connectivity index (χ2v) is 5.15. The maximum absolute atomic E-state index is 2.92. The van der Waals surface area contributed by atoms with Crippen LogP contribution in [-0.4, -0.2) is 0 Å². The lowest BCUT2D eigenvalue weighted by atomic mass is 10.0. The maximum Gasteiger partial charge on any atom is 0.000442 e. The molecule has 0 radical (unpaired) electrons. The molecule has 19 heavy (non-hydrogen) atoms. The van der Waals surface area contributed by atoms with Crippen LogP contribution < -0.4 is 5.32 Å². The zero-order valence-electron chi connectivity index (χ0n) is 12.2. The fourth-order valence-electron chi connectivity index (χ4n) is 2.23. The molecule has 2 rings (SSSR count). The summed E-state index contributed by atoms with van der Waals surface area (Å²) in [4.78, 5) is 0. The topological polar surface area (TPSA) is 12.0 Å². The van der Waals surface area contributed by atoms with Crippen molar-refractivity contribution in [3.8, 4) is 0 Å². The van der Waals surface area contributed by atoms with Crippen molar-refractivity contribution in [1.29, 1.82) is 0 Å². The van der Waals surface area contributed by atoms with E-state index in [1.807, 2.05) is 36.7 Å². The van der Waals surface area contributed by atoms with E-state index >= 15 is 0 Å². The van der Waals surface area contributed by atoms with Gasteiger partial charge in [-0.05, 0) is 37.8 Å². The first kappa shape index (κ1) is 15.8. The molecule has 1 heterocycles. The van der Waals surface area contributed by atoms with Gasteiger partial charge >= 0.3 is 0 Å². The highest BCUT2D eigenvalue weighted by Gasteiger charge is 1.92. The molecule has 0 aromatic rings. The first-order chi connectivity index (χ1) is 9.50. The molecule has 0 saturated heterocycles. The van der Waals surface area contributed by atoms with Gasteiger partial charge in [0.05, 0.1) is 0 Å². The molecule has 1 heteroatoms. The molecule has 0 aromatic carbocycles. The first-order valence-electron chi connectivity index (χ1n) is 7.89. The van der Waals surface area contributed by atoms with Gasteiger partial charge in [-0.25, -0.2) is 0 Å². The minimum atomic E-state index is 1.32. The van der Waals surface area contributed by atoms with Gasteiger partial charge in [0.25, 0.3) is 0 Å². The van der Waals surface area contributed by atoms with Gasteiger partial charge in [-0.2, -0.15) is 0 Å². The molecule has 1 aliphatic carbocycles. The summed E-state index contributed by atoms with van der Waals surface area (Å²) >= 11 is 0. The summed E-state index contributed by atoms with van der Waals surface area (Å²) in [7, 11) is 0. The Balaban J connectivity index is 0.000000218. The van der Waals surface area contributed by atoms with Gasteiger partial charge in [-0.15, -0.1) is 0 Å². The molecule has 0 unspecified atom stereocenters.